The summed E-state index contributed by atoms with van der Waals surface area (Å²) in [6.45, 7) is 8.37. The number of benzene rings is 2. The van der Waals surface area contributed by atoms with Crippen LogP contribution in [0.15, 0.2) is 36.4 Å². The van der Waals surface area contributed by atoms with Crippen molar-refractivity contribution in [3.05, 3.63) is 64.5 Å². The van der Waals surface area contributed by atoms with Crippen LogP contribution in [0.2, 0.25) is 0 Å². The SMILES string of the molecule is CC(C(=O)NCc1ccc(C(C)(C)C)cc1OC1CCCC1)c1ccc(CNS(C)(=O)=O)c(F)c1. The molecule has 0 aliphatic heterocycles. The van der Waals surface area contributed by atoms with Gasteiger partial charge < -0.3 is 10.1 Å². The minimum absolute atomic E-state index is 0.0167. The Morgan fingerprint density at radius 3 is 2.34 bits per heavy atom. The van der Waals surface area contributed by atoms with Gasteiger partial charge in [-0.3, -0.25) is 4.79 Å². The van der Waals surface area contributed by atoms with E-state index in [1.54, 1.807) is 13.0 Å². The molecule has 6 nitrogen and oxygen atoms in total. The first-order valence-electron chi connectivity index (χ1n) is 12.1. The van der Waals surface area contributed by atoms with Crippen molar-refractivity contribution in [2.45, 2.75) is 83.9 Å². The molecule has 1 aliphatic rings. The average Bonchev–Trinajstić information content (AvgIpc) is 3.28. The molecule has 1 saturated carbocycles. The number of sulfonamides is 1. The van der Waals surface area contributed by atoms with Crippen LogP contribution in [0.25, 0.3) is 0 Å². The van der Waals surface area contributed by atoms with Crippen molar-refractivity contribution in [1.82, 2.24) is 10.0 Å². The molecule has 0 radical (unpaired) electrons. The molecular weight excluding hydrogens is 467 g/mol. The normalized spacial score (nSPS) is 15.7. The zero-order valence-corrected chi connectivity index (χ0v) is 22.1. The summed E-state index contributed by atoms with van der Waals surface area (Å²) < 4.78 is 45.6. The summed E-state index contributed by atoms with van der Waals surface area (Å²) in [4.78, 5) is 12.9. The number of carbonyl (C=O) groups is 1. The zero-order valence-electron chi connectivity index (χ0n) is 21.3. The van der Waals surface area contributed by atoms with Crippen molar-refractivity contribution in [3.63, 3.8) is 0 Å². The summed E-state index contributed by atoms with van der Waals surface area (Å²) in [7, 11) is -3.43. The standard InChI is InChI=1S/C27H37FN2O4S/c1-18(19-10-11-20(24(28)14-19)17-30-35(5,32)33)26(31)29-16-21-12-13-22(27(2,3)4)15-25(21)34-23-8-6-7-9-23/h10-15,18,23,30H,6-9,16-17H2,1-5H3,(H,29,31). The molecule has 1 aliphatic carbocycles. The molecule has 0 aromatic heterocycles. The number of halogens is 1. The number of rotatable bonds is 9. The molecule has 0 bridgehead atoms. The van der Waals surface area contributed by atoms with Crippen molar-refractivity contribution < 1.29 is 22.3 Å². The van der Waals surface area contributed by atoms with Crippen LogP contribution in [0.4, 0.5) is 4.39 Å². The predicted molar refractivity (Wildman–Crippen MR) is 136 cm³/mol. The maximum Gasteiger partial charge on any atom is 0.227 e. The third-order valence-electron chi connectivity index (χ3n) is 6.48. The number of hydrogen-bond donors (Lipinski definition) is 2. The van der Waals surface area contributed by atoms with Crippen molar-refractivity contribution in [2.75, 3.05) is 6.26 Å². The van der Waals surface area contributed by atoms with E-state index >= 15 is 0 Å². The van der Waals surface area contributed by atoms with Crippen LogP contribution in [0.5, 0.6) is 5.75 Å². The van der Waals surface area contributed by atoms with Crippen molar-refractivity contribution in [3.8, 4) is 5.75 Å². The Hall–Kier alpha value is -2.45. The van der Waals surface area contributed by atoms with Gasteiger partial charge in [-0.2, -0.15) is 0 Å². The van der Waals surface area contributed by atoms with E-state index in [0.29, 0.717) is 12.1 Å². The van der Waals surface area contributed by atoms with Gasteiger partial charge in [0.15, 0.2) is 0 Å². The second kappa shape index (κ2) is 11.1. The molecule has 2 aromatic rings. The van der Waals surface area contributed by atoms with Crippen LogP contribution in [0.3, 0.4) is 0 Å². The largest absolute Gasteiger partial charge is 0.490 e. The van der Waals surface area contributed by atoms with E-state index in [1.807, 2.05) is 6.07 Å². The summed E-state index contributed by atoms with van der Waals surface area (Å²) in [6.07, 6.45) is 5.66. The van der Waals surface area contributed by atoms with E-state index in [0.717, 1.165) is 30.4 Å². The third kappa shape index (κ3) is 7.77. The summed E-state index contributed by atoms with van der Waals surface area (Å²) in [5.74, 6) is -0.540. The number of ether oxygens (including phenoxy) is 1. The van der Waals surface area contributed by atoms with Gasteiger partial charge in [0, 0.05) is 24.2 Å². The molecule has 2 aromatic carbocycles. The number of carbonyl (C=O) groups excluding carboxylic acids is 1. The van der Waals surface area contributed by atoms with Crippen LogP contribution in [0.1, 0.15) is 81.5 Å². The Kier molecular flexibility index (Phi) is 8.59. The molecule has 0 spiro atoms. The molecule has 2 N–H and O–H groups in total. The molecule has 192 valence electrons. The highest BCUT2D eigenvalue weighted by molar-refractivity contribution is 7.88. The monoisotopic (exact) mass is 504 g/mol. The smallest absolute Gasteiger partial charge is 0.227 e. The number of hydrogen-bond acceptors (Lipinski definition) is 4. The second-order valence-corrected chi connectivity index (χ2v) is 12.3. The lowest BCUT2D eigenvalue weighted by molar-refractivity contribution is -0.122. The molecule has 0 heterocycles. The Bertz CT molecular complexity index is 1150. The highest BCUT2D eigenvalue weighted by Crippen LogP contribution is 2.32. The van der Waals surface area contributed by atoms with Crippen LogP contribution in [-0.4, -0.2) is 26.7 Å². The molecule has 35 heavy (non-hydrogen) atoms. The third-order valence-corrected chi connectivity index (χ3v) is 7.15. The van der Waals surface area contributed by atoms with E-state index < -0.39 is 21.8 Å². The minimum Gasteiger partial charge on any atom is -0.490 e. The number of nitrogens with one attached hydrogen (secondary N) is 2. The van der Waals surface area contributed by atoms with Crippen LogP contribution in [-0.2, 0) is 33.3 Å². The maximum atomic E-state index is 14.5. The lowest BCUT2D eigenvalue weighted by atomic mass is 9.86. The van der Waals surface area contributed by atoms with Crippen molar-refractivity contribution in [2.24, 2.45) is 0 Å². The average molecular weight is 505 g/mol. The molecule has 1 unspecified atom stereocenters. The van der Waals surface area contributed by atoms with E-state index in [-0.39, 0.29) is 29.5 Å². The molecule has 1 amide bonds. The van der Waals surface area contributed by atoms with Crippen molar-refractivity contribution in [1.29, 1.82) is 0 Å². The summed E-state index contributed by atoms with van der Waals surface area (Å²) >= 11 is 0. The van der Waals surface area contributed by atoms with Gasteiger partial charge in [0.2, 0.25) is 15.9 Å². The predicted octanol–water partition coefficient (Wildman–Crippen LogP) is 4.91. The van der Waals surface area contributed by atoms with Gasteiger partial charge in [0.25, 0.3) is 0 Å². The fourth-order valence-electron chi connectivity index (χ4n) is 4.13. The van der Waals surface area contributed by atoms with Gasteiger partial charge in [0.1, 0.15) is 11.6 Å². The van der Waals surface area contributed by atoms with Gasteiger partial charge in [-0.1, -0.05) is 45.0 Å². The first-order chi connectivity index (χ1) is 16.3. The van der Waals surface area contributed by atoms with E-state index in [2.05, 4.69) is 42.9 Å². The first kappa shape index (κ1) is 27.1. The molecule has 1 atom stereocenters. The van der Waals surface area contributed by atoms with Crippen LogP contribution < -0.4 is 14.8 Å². The molecule has 8 heteroatoms. The lowest BCUT2D eigenvalue weighted by Crippen LogP contribution is -2.28. The fraction of sp³-hybridized carbons (Fsp3) is 0.519. The topological polar surface area (TPSA) is 84.5 Å². The maximum absolute atomic E-state index is 14.5. The first-order valence-corrected chi connectivity index (χ1v) is 14.0. The zero-order chi connectivity index (χ0) is 25.8. The van der Waals surface area contributed by atoms with Gasteiger partial charge in [-0.05, 0) is 61.3 Å². The van der Waals surface area contributed by atoms with E-state index in [4.69, 9.17) is 4.74 Å². The van der Waals surface area contributed by atoms with Gasteiger partial charge in [-0.25, -0.2) is 17.5 Å². The lowest BCUT2D eigenvalue weighted by Gasteiger charge is -2.23. The molecule has 3 rings (SSSR count). The number of amides is 1. The summed E-state index contributed by atoms with van der Waals surface area (Å²) in [5.41, 5.74) is 2.82. The summed E-state index contributed by atoms with van der Waals surface area (Å²) in [5, 5.41) is 2.97. The highest BCUT2D eigenvalue weighted by Gasteiger charge is 2.22. The fourth-order valence-corrected chi connectivity index (χ4v) is 4.55. The molecule has 1 fully saturated rings. The van der Waals surface area contributed by atoms with Gasteiger partial charge >= 0.3 is 0 Å². The Balaban J connectivity index is 1.69. The Morgan fingerprint density at radius 2 is 1.74 bits per heavy atom. The van der Waals surface area contributed by atoms with Gasteiger partial charge in [-0.15, -0.1) is 0 Å². The van der Waals surface area contributed by atoms with Crippen LogP contribution >= 0.6 is 0 Å². The Labute approximate surface area is 208 Å². The quantitative estimate of drug-likeness (QED) is 0.508. The second-order valence-electron chi connectivity index (χ2n) is 10.5. The van der Waals surface area contributed by atoms with E-state index in [1.165, 1.54) is 30.5 Å². The van der Waals surface area contributed by atoms with Gasteiger partial charge in [0.05, 0.1) is 18.3 Å². The molecule has 0 saturated heterocycles. The van der Waals surface area contributed by atoms with E-state index in [9.17, 15) is 17.6 Å². The Morgan fingerprint density at radius 1 is 1.09 bits per heavy atom. The minimum atomic E-state index is -3.43. The van der Waals surface area contributed by atoms with Crippen LogP contribution in [0, 0.1) is 5.82 Å². The van der Waals surface area contributed by atoms with Crippen molar-refractivity contribution >= 4 is 15.9 Å². The summed E-state index contributed by atoms with van der Waals surface area (Å²) in [6, 6.07) is 10.6. The molecular formula is C27H37FN2O4S. The highest BCUT2D eigenvalue weighted by atomic mass is 32.2.